The van der Waals surface area contributed by atoms with Crippen molar-refractivity contribution >= 4 is 15.7 Å². The summed E-state index contributed by atoms with van der Waals surface area (Å²) in [5, 5.41) is 2.64. The van der Waals surface area contributed by atoms with Gasteiger partial charge in [0.25, 0.3) is 0 Å². The summed E-state index contributed by atoms with van der Waals surface area (Å²) in [6.07, 6.45) is 1.86. The molecule has 1 fully saturated rings. The SMILES string of the molecule is CC(C(=O)N1CCCC1)S(=O)(=O)Cc1noc(C(C)(C)C)n1. The zero-order valence-electron chi connectivity index (χ0n) is 13.5. The molecular formula is C14H23N3O4S. The molecule has 0 aliphatic carbocycles. The molecular weight excluding hydrogens is 306 g/mol. The van der Waals surface area contributed by atoms with Crippen LogP contribution in [0.2, 0.25) is 0 Å². The molecule has 1 aromatic heterocycles. The average Bonchev–Trinajstić information content (AvgIpc) is 3.06. The lowest BCUT2D eigenvalue weighted by molar-refractivity contribution is -0.129. The highest BCUT2D eigenvalue weighted by molar-refractivity contribution is 7.92. The van der Waals surface area contributed by atoms with Gasteiger partial charge in [0.15, 0.2) is 15.7 Å². The van der Waals surface area contributed by atoms with Crippen molar-refractivity contribution in [2.24, 2.45) is 0 Å². The lowest BCUT2D eigenvalue weighted by Gasteiger charge is -2.19. The minimum Gasteiger partial charge on any atom is -0.342 e. The molecule has 0 aromatic carbocycles. The van der Waals surface area contributed by atoms with E-state index < -0.39 is 15.1 Å². The molecule has 0 saturated carbocycles. The minimum absolute atomic E-state index is 0.103. The molecule has 2 rings (SSSR count). The van der Waals surface area contributed by atoms with Crippen LogP contribution in [-0.2, 0) is 25.8 Å². The number of carbonyl (C=O) groups is 1. The van der Waals surface area contributed by atoms with Gasteiger partial charge in [0.05, 0.1) is 0 Å². The molecule has 0 radical (unpaired) electrons. The van der Waals surface area contributed by atoms with Crippen LogP contribution in [0.25, 0.3) is 0 Å². The van der Waals surface area contributed by atoms with Gasteiger partial charge in [-0.2, -0.15) is 4.98 Å². The summed E-state index contributed by atoms with van der Waals surface area (Å²) >= 11 is 0. The monoisotopic (exact) mass is 329 g/mol. The Morgan fingerprint density at radius 3 is 2.41 bits per heavy atom. The van der Waals surface area contributed by atoms with Crippen molar-refractivity contribution in [3.63, 3.8) is 0 Å². The number of rotatable bonds is 4. The first-order chi connectivity index (χ1) is 10.1. The van der Waals surface area contributed by atoms with Gasteiger partial charge in [-0.3, -0.25) is 4.79 Å². The number of likely N-dealkylation sites (tertiary alicyclic amines) is 1. The number of hydrogen-bond acceptors (Lipinski definition) is 6. The van der Waals surface area contributed by atoms with Crippen molar-refractivity contribution < 1.29 is 17.7 Å². The molecule has 0 N–H and O–H groups in total. The summed E-state index contributed by atoms with van der Waals surface area (Å²) in [4.78, 5) is 18.0. The Morgan fingerprint density at radius 2 is 1.91 bits per heavy atom. The standard InChI is InChI=1S/C14H23N3O4S/c1-10(12(18)17-7-5-6-8-17)22(19,20)9-11-15-13(21-16-11)14(2,3)4/h10H,5-9H2,1-4H3. The van der Waals surface area contributed by atoms with Crippen molar-refractivity contribution in [2.45, 2.75) is 57.0 Å². The maximum absolute atomic E-state index is 12.4. The van der Waals surface area contributed by atoms with Crippen LogP contribution in [-0.4, -0.2) is 47.7 Å². The average molecular weight is 329 g/mol. The Bertz CT molecular complexity index is 639. The maximum Gasteiger partial charge on any atom is 0.240 e. The minimum atomic E-state index is -3.66. The Hall–Kier alpha value is -1.44. The Balaban J connectivity index is 2.10. The van der Waals surface area contributed by atoms with E-state index in [2.05, 4.69) is 10.1 Å². The van der Waals surface area contributed by atoms with Gasteiger partial charge in [0, 0.05) is 18.5 Å². The number of amides is 1. The van der Waals surface area contributed by atoms with Crippen LogP contribution in [0.3, 0.4) is 0 Å². The molecule has 22 heavy (non-hydrogen) atoms. The molecule has 1 aliphatic heterocycles. The van der Waals surface area contributed by atoms with Crippen LogP contribution >= 0.6 is 0 Å². The first kappa shape index (κ1) is 16.9. The molecule has 1 aliphatic rings. The van der Waals surface area contributed by atoms with Crippen LogP contribution in [0.5, 0.6) is 0 Å². The van der Waals surface area contributed by atoms with Crippen molar-refractivity contribution in [3.8, 4) is 0 Å². The van der Waals surface area contributed by atoms with Crippen molar-refractivity contribution in [3.05, 3.63) is 11.7 Å². The fraction of sp³-hybridized carbons (Fsp3) is 0.786. The zero-order valence-corrected chi connectivity index (χ0v) is 14.3. The smallest absolute Gasteiger partial charge is 0.240 e. The van der Waals surface area contributed by atoms with Crippen LogP contribution in [0.15, 0.2) is 4.52 Å². The molecule has 0 spiro atoms. The predicted octanol–water partition coefficient (Wildman–Crippen LogP) is 1.29. The van der Waals surface area contributed by atoms with E-state index in [0.29, 0.717) is 19.0 Å². The molecule has 1 unspecified atom stereocenters. The van der Waals surface area contributed by atoms with Gasteiger partial charge in [-0.15, -0.1) is 0 Å². The number of nitrogens with zero attached hydrogens (tertiary/aromatic N) is 3. The third-order valence-electron chi connectivity index (χ3n) is 3.74. The van der Waals surface area contributed by atoms with E-state index in [4.69, 9.17) is 4.52 Å². The molecule has 1 saturated heterocycles. The van der Waals surface area contributed by atoms with E-state index in [9.17, 15) is 13.2 Å². The molecule has 7 nitrogen and oxygen atoms in total. The largest absolute Gasteiger partial charge is 0.342 e. The van der Waals surface area contributed by atoms with Crippen LogP contribution in [0, 0.1) is 0 Å². The molecule has 1 aromatic rings. The van der Waals surface area contributed by atoms with E-state index in [1.54, 1.807) is 4.90 Å². The molecule has 1 amide bonds. The van der Waals surface area contributed by atoms with Crippen LogP contribution in [0.4, 0.5) is 0 Å². The fourth-order valence-corrected chi connectivity index (χ4v) is 3.45. The maximum atomic E-state index is 12.4. The highest BCUT2D eigenvalue weighted by Crippen LogP contribution is 2.21. The number of aromatic nitrogens is 2. The highest BCUT2D eigenvalue weighted by atomic mass is 32.2. The third-order valence-corrected chi connectivity index (χ3v) is 5.68. The normalized spacial score (nSPS) is 17.7. The van der Waals surface area contributed by atoms with E-state index in [-0.39, 0.29) is 22.9 Å². The lowest BCUT2D eigenvalue weighted by Crippen LogP contribution is -2.40. The summed E-state index contributed by atoms with van der Waals surface area (Å²) in [6, 6.07) is 0. The zero-order chi connectivity index (χ0) is 16.5. The lowest BCUT2D eigenvalue weighted by atomic mass is 9.97. The van der Waals surface area contributed by atoms with Gasteiger partial charge < -0.3 is 9.42 Å². The highest BCUT2D eigenvalue weighted by Gasteiger charge is 2.34. The van der Waals surface area contributed by atoms with Gasteiger partial charge in [-0.25, -0.2) is 8.42 Å². The molecule has 8 heteroatoms. The molecule has 1 atom stereocenters. The topological polar surface area (TPSA) is 93.4 Å². The second-order valence-corrected chi connectivity index (χ2v) is 9.07. The van der Waals surface area contributed by atoms with E-state index >= 15 is 0 Å². The van der Waals surface area contributed by atoms with Gasteiger partial charge in [-0.1, -0.05) is 25.9 Å². The number of carbonyl (C=O) groups excluding carboxylic acids is 1. The Labute approximate surface area is 131 Å². The second kappa shape index (κ2) is 5.98. The van der Waals surface area contributed by atoms with Gasteiger partial charge >= 0.3 is 0 Å². The predicted molar refractivity (Wildman–Crippen MR) is 80.9 cm³/mol. The third kappa shape index (κ3) is 3.66. The second-order valence-electron chi connectivity index (χ2n) is 6.75. The summed E-state index contributed by atoms with van der Waals surface area (Å²) in [5.41, 5.74) is -0.341. The summed E-state index contributed by atoms with van der Waals surface area (Å²) in [7, 11) is -3.66. The number of hydrogen-bond donors (Lipinski definition) is 0. The van der Waals surface area contributed by atoms with E-state index in [1.807, 2.05) is 20.8 Å². The van der Waals surface area contributed by atoms with E-state index in [1.165, 1.54) is 6.92 Å². The van der Waals surface area contributed by atoms with Crippen LogP contribution in [0.1, 0.15) is 52.3 Å². The first-order valence-electron chi connectivity index (χ1n) is 7.44. The number of sulfone groups is 1. The van der Waals surface area contributed by atoms with Gasteiger partial charge in [0.1, 0.15) is 11.0 Å². The fourth-order valence-electron chi connectivity index (χ4n) is 2.27. The Kier molecular flexibility index (Phi) is 4.60. The summed E-state index contributed by atoms with van der Waals surface area (Å²) < 4.78 is 29.9. The summed E-state index contributed by atoms with van der Waals surface area (Å²) in [5.74, 6) is -0.230. The first-order valence-corrected chi connectivity index (χ1v) is 9.16. The van der Waals surface area contributed by atoms with Crippen LogP contribution < -0.4 is 0 Å². The quantitative estimate of drug-likeness (QED) is 0.826. The Morgan fingerprint density at radius 1 is 1.32 bits per heavy atom. The van der Waals surface area contributed by atoms with Gasteiger partial charge in [0.2, 0.25) is 11.8 Å². The summed E-state index contributed by atoms with van der Waals surface area (Å²) in [6.45, 7) is 8.40. The van der Waals surface area contributed by atoms with E-state index in [0.717, 1.165) is 12.8 Å². The van der Waals surface area contributed by atoms with Crippen molar-refractivity contribution in [2.75, 3.05) is 13.1 Å². The van der Waals surface area contributed by atoms with Crippen molar-refractivity contribution in [1.82, 2.24) is 15.0 Å². The molecule has 2 heterocycles. The van der Waals surface area contributed by atoms with Gasteiger partial charge in [-0.05, 0) is 19.8 Å². The molecule has 124 valence electrons. The molecule has 0 bridgehead atoms. The van der Waals surface area contributed by atoms with Crippen molar-refractivity contribution in [1.29, 1.82) is 0 Å².